The predicted molar refractivity (Wildman–Crippen MR) is 130 cm³/mol. The molecule has 0 radical (unpaired) electrons. The summed E-state index contributed by atoms with van der Waals surface area (Å²) in [6.07, 6.45) is 5.16. The number of fused-ring (bicyclic) bond motifs is 1. The minimum atomic E-state index is -0.0288. The van der Waals surface area contributed by atoms with Crippen molar-refractivity contribution in [3.05, 3.63) is 49.2 Å². The first-order chi connectivity index (χ1) is 16.2. The number of H-pyrrole nitrogens is 1. The molecule has 0 bridgehead atoms. The van der Waals surface area contributed by atoms with E-state index in [1.807, 2.05) is 29.3 Å². The van der Waals surface area contributed by atoms with E-state index in [2.05, 4.69) is 44.2 Å². The lowest BCUT2D eigenvalue weighted by atomic mass is 10.1. The molecule has 9 heteroatoms. The van der Waals surface area contributed by atoms with Gasteiger partial charge in [-0.25, -0.2) is 0 Å². The van der Waals surface area contributed by atoms with Crippen molar-refractivity contribution in [2.45, 2.75) is 18.9 Å². The molecule has 2 saturated heterocycles. The summed E-state index contributed by atoms with van der Waals surface area (Å²) in [5, 5.41) is 7.79. The second-order valence-corrected chi connectivity index (χ2v) is 8.38. The first-order valence-electron chi connectivity index (χ1n) is 11.4. The van der Waals surface area contributed by atoms with Crippen LogP contribution in [-0.4, -0.2) is 71.2 Å². The van der Waals surface area contributed by atoms with Gasteiger partial charge in [-0.15, -0.1) is 0 Å². The fourth-order valence-electron chi connectivity index (χ4n) is 4.43. The van der Waals surface area contributed by atoms with Crippen molar-refractivity contribution in [3.63, 3.8) is 0 Å². The maximum Gasteiger partial charge on any atom is 0.246 e. The molecule has 2 aliphatic rings. The number of piperidine rings is 1. The van der Waals surface area contributed by atoms with Crippen molar-refractivity contribution in [1.29, 1.82) is 0 Å². The molecular formula is C24H29N7O2. The number of nitrogens with zero attached hydrogens (tertiary/aromatic N) is 4. The lowest BCUT2D eigenvalue weighted by Gasteiger charge is -2.33. The molecule has 0 spiro atoms. The highest BCUT2D eigenvalue weighted by atomic mass is 16.5. The SMILES string of the molecule is C=CC(=O)N1CCC[C@@H](Nc2nc(Nc3ccc(N4CCOCC4)cc3)nc3[nH]ccc23)C1. The van der Waals surface area contributed by atoms with Crippen molar-refractivity contribution in [2.75, 3.05) is 54.9 Å². The highest BCUT2D eigenvalue weighted by Gasteiger charge is 2.23. The Labute approximate surface area is 192 Å². The lowest BCUT2D eigenvalue weighted by molar-refractivity contribution is -0.127. The second kappa shape index (κ2) is 9.50. The Hall–Kier alpha value is -3.59. The number of anilines is 4. The number of ether oxygens (including phenoxy) is 1. The zero-order valence-electron chi connectivity index (χ0n) is 18.6. The van der Waals surface area contributed by atoms with E-state index in [1.165, 1.54) is 11.8 Å². The predicted octanol–water partition coefficient (Wildman–Crippen LogP) is 3.13. The number of hydrogen-bond donors (Lipinski definition) is 3. The van der Waals surface area contributed by atoms with Gasteiger partial charge < -0.3 is 30.2 Å². The van der Waals surface area contributed by atoms with Gasteiger partial charge in [0.2, 0.25) is 11.9 Å². The molecule has 0 unspecified atom stereocenters. The molecule has 0 aliphatic carbocycles. The van der Waals surface area contributed by atoms with Gasteiger partial charge in [-0.05, 0) is 49.2 Å². The topological polar surface area (TPSA) is 98.4 Å². The molecular weight excluding hydrogens is 418 g/mol. The molecule has 2 aliphatic heterocycles. The van der Waals surface area contributed by atoms with E-state index in [0.717, 1.165) is 68.2 Å². The van der Waals surface area contributed by atoms with E-state index >= 15 is 0 Å². The van der Waals surface area contributed by atoms with Gasteiger partial charge >= 0.3 is 0 Å². The summed E-state index contributed by atoms with van der Waals surface area (Å²) in [7, 11) is 0. The van der Waals surface area contributed by atoms with Crippen LogP contribution in [0.1, 0.15) is 12.8 Å². The number of rotatable bonds is 6. The van der Waals surface area contributed by atoms with E-state index in [-0.39, 0.29) is 11.9 Å². The van der Waals surface area contributed by atoms with Crippen LogP contribution >= 0.6 is 0 Å². The summed E-state index contributed by atoms with van der Waals surface area (Å²) >= 11 is 0. The Kier molecular flexibility index (Phi) is 6.12. The van der Waals surface area contributed by atoms with Gasteiger partial charge in [-0.3, -0.25) is 4.79 Å². The quantitative estimate of drug-likeness (QED) is 0.500. The molecule has 2 fully saturated rings. The number of morpholine rings is 1. The number of carbonyl (C=O) groups excluding carboxylic acids is 1. The van der Waals surface area contributed by atoms with Crippen LogP contribution in [0.3, 0.4) is 0 Å². The van der Waals surface area contributed by atoms with Crippen LogP contribution < -0.4 is 15.5 Å². The first-order valence-corrected chi connectivity index (χ1v) is 11.4. The molecule has 3 aromatic rings. The monoisotopic (exact) mass is 447 g/mol. The standard InChI is InChI=1S/C24H29N7O2/c1-2-21(32)31-11-3-4-18(16-31)26-23-20-9-10-25-22(20)28-24(29-23)27-17-5-7-19(8-6-17)30-12-14-33-15-13-30/h2,5-10,18H,1,3-4,11-16H2,(H3,25,26,27,28,29)/t18-/m1/s1. The Balaban J connectivity index is 1.32. The molecule has 1 atom stereocenters. The molecule has 3 N–H and O–H groups in total. The summed E-state index contributed by atoms with van der Waals surface area (Å²) in [6, 6.07) is 10.4. The van der Waals surface area contributed by atoms with Gasteiger partial charge in [0.05, 0.1) is 18.6 Å². The molecule has 172 valence electrons. The summed E-state index contributed by atoms with van der Waals surface area (Å²) in [5.74, 6) is 1.24. The maximum atomic E-state index is 12.0. The van der Waals surface area contributed by atoms with E-state index < -0.39 is 0 Å². The zero-order chi connectivity index (χ0) is 22.6. The number of aromatic nitrogens is 3. The zero-order valence-corrected chi connectivity index (χ0v) is 18.6. The fraction of sp³-hybridized carbons (Fsp3) is 0.375. The van der Waals surface area contributed by atoms with Gasteiger partial charge in [0, 0.05) is 49.8 Å². The average molecular weight is 448 g/mol. The Morgan fingerprint density at radius 3 is 2.76 bits per heavy atom. The summed E-state index contributed by atoms with van der Waals surface area (Å²) < 4.78 is 5.44. The summed E-state index contributed by atoms with van der Waals surface area (Å²) in [6.45, 7) is 8.35. The normalized spacial score (nSPS) is 18.8. The van der Waals surface area contributed by atoms with Crippen LogP contribution in [0.25, 0.3) is 11.0 Å². The van der Waals surface area contributed by atoms with E-state index in [9.17, 15) is 4.79 Å². The van der Waals surface area contributed by atoms with Crippen LogP contribution in [-0.2, 0) is 9.53 Å². The number of amides is 1. The third-order valence-electron chi connectivity index (χ3n) is 6.16. The van der Waals surface area contributed by atoms with Gasteiger partial charge in [-0.1, -0.05) is 6.58 Å². The van der Waals surface area contributed by atoms with Crippen LogP contribution in [0.15, 0.2) is 49.2 Å². The summed E-state index contributed by atoms with van der Waals surface area (Å²) in [5.41, 5.74) is 2.86. The van der Waals surface area contributed by atoms with E-state index in [0.29, 0.717) is 12.5 Å². The molecule has 0 saturated carbocycles. The maximum absolute atomic E-state index is 12.0. The van der Waals surface area contributed by atoms with E-state index in [4.69, 9.17) is 9.72 Å². The van der Waals surface area contributed by atoms with Crippen LogP contribution in [0.5, 0.6) is 0 Å². The molecule has 9 nitrogen and oxygen atoms in total. The molecule has 1 aromatic carbocycles. The van der Waals surface area contributed by atoms with Gasteiger partial charge in [0.25, 0.3) is 0 Å². The van der Waals surface area contributed by atoms with Crippen LogP contribution in [0.2, 0.25) is 0 Å². The minimum Gasteiger partial charge on any atom is -0.378 e. The van der Waals surface area contributed by atoms with Crippen molar-refractivity contribution in [3.8, 4) is 0 Å². The smallest absolute Gasteiger partial charge is 0.246 e. The highest BCUT2D eigenvalue weighted by Crippen LogP contribution is 2.26. The van der Waals surface area contributed by atoms with Crippen molar-refractivity contribution in [1.82, 2.24) is 19.9 Å². The van der Waals surface area contributed by atoms with Crippen molar-refractivity contribution >= 4 is 40.1 Å². The number of hydrogen-bond acceptors (Lipinski definition) is 7. The molecule has 1 amide bonds. The third kappa shape index (κ3) is 4.78. The number of carbonyl (C=O) groups is 1. The van der Waals surface area contributed by atoms with Crippen LogP contribution in [0, 0.1) is 0 Å². The molecule has 33 heavy (non-hydrogen) atoms. The Bertz CT molecular complexity index is 1120. The molecule has 4 heterocycles. The van der Waals surface area contributed by atoms with Crippen molar-refractivity contribution in [2.24, 2.45) is 0 Å². The number of benzene rings is 1. The van der Waals surface area contributed by atoms with Crippen LogP contribution in [0.4, 0.5) is 23.1 Å². The second-order valence-electron chi connectivity index (χ2n) is 8.38. The average Bonchev–Trinajstić information content (AvgIpc) is 3.34. The summed E-state index contributed by atoms with van der Waals surface area (Å²) in [4.78, 5) is 28.8. The largest absolute Gasteiger partial charge is 0.378 e. The van der Waals surface area contributed by atoms with Gasteiger partial charge in [0.1, 0.15) is 11.5 Å². The lowest BCUT2D eigenvalue weighted by Crippen LogP contribution is -2.44. The highest BCUT2D eigenvalue weighted by molar-refractivity contribution is 5.89. The number of nitrogens with one attached hydrogen (secondary N) is 3. The Morgan fingerprint density at radius 1 is 1.15 bits per heavy atom. The molecule has 2 aromatic heterocycles. The third-order valence-corrected chi connectivity index (χ3v) is 6.16. The number of aromatic amines is 1. The first kappa shape index (κ1) is 21.3. The molecule has 5 rings (SSSR count). The van der Waals surface area contributed by atoms with E-state index in [1.54, 1.807) is 0 Å². The fourth-order valence-corrected chi connectivity index (χ4v) is 4.43. The van der Waals surface area contributed by atoms with Gasteiger partial charge in [0.15, 0.2) is 0 Å². The minimum absolute atomic E-state index is 0.0288. The number of likely N-dealkylation sites (tertiary alicyclic amines) is 1. The van der Waals surface area contributed by atoms with Gasteiger partial charge in [-0.2, -0.15) is 9.97 Å². The Morgan fingerprint density at radius 2 is 1.97 bits per heavy atom. The van der Waals surface area contributed by atoms with Crippen molar-refractivity contribution < 1.29 is 9.53 Å².